The number of hydrogen-bond donors (Lipinski definition) is 1. The molecule has 0 saturated carbocycles. The molecule has 1 fully saturated rings. The maximum atomic E-state index is 12.4. The number of anilines is 1. The molecule has 1 aromatic carbocycles. The number of carbonyl (C=O) groups excluding carboxylic acids is 2. The van der Waals surface area contributed by atoms with E-state index in [0.29, 0.717) is 31.5 Å². The van der Waals surface area contributed by atoms with Crippen LogP contribution in [-0.2, 0) is 9.53 Å². The zero-order chi connectivity index (χ0) is 15.6. The van der Waals surface area contributed by atoms with E-state index in [4.69, 9.17) is 33.7 Å². The molecule has 5 nitrogen and oxygen atoms in total. The number of rotatable bonds is 2. The Morgan fingerprint density at radius 1 is 1.29 bits per heavy atom. The largest absolute Gasteiger partial charge is 0.469 e. The molecular weight excluding hydrogens is 315 g/mol. The summed E-state index contributed by atoms with van der Waals surface area (Å²) in [5.41, 5.74) is 6.40. The number of esters is 1. The van der Waals surface area contributed by atoms with Crippen LogP contribution in [0.3, 0.4) is 0 Å². The van der Waals surface area contributed by atoms with Crippen molar-refractivity contribution >= 4 is 40.8 Å². The molecule has 7 heteroatoms. The summed E-state index contributed by atoms with van der Waals surface area (Å²) in [5, 5.41) is 0.502. The highest BCUT2D eigenvalue weighted by Crippen LogP contribution is 2.30. The van der Waals surface area contributed by atoms with Gasteiger partial charge in [0.1, 0.15) is 0 Å². The molecule has 1 heterocycles. The number of methoxy groups -OCH3 is 1. The quantitative estimate of drug-likeness (QED) is 0.668. The van der Waals surface area contributed by atoms with Crippen LogP contribution >= 0.6 is 23.2 Å². The van der Waals surface area contributed by atoms with Crippen molar-refractivity contribution in [2.45, 2.75) is 12.8 Å². The molecule has 0 radical (unpaired) electrons. The van der Waals surface area contributed by atoms with Crippen molar-refractivity contribution in [1.82, 2.24) is 4.90 Å². The number of benzene rings is 1. The van der Waals surface area contributed by atoms with E-state index in [-0.39, 0.29) is 33.5 Å². The highest BCUT2D eigenvalue weighted by molar-refractivity contribution is 6.43. The molecule has 2 N–H and O–H groups in total. The van der Waals surface area contributed by atoms with Crippen LogP contribution in [0.25, 0.3) is 0 Å². The van der Waals surface area contributed by atoms with Gasteiger partial charge in [-0.25, -0.2) is 0 Å². The monoisotopic (exact) mass is 330 g/mol. The number of nitrogens with zero attached hydrogens (tertiary/aromatic N) is 1. The third-order valence-electron chi connectivity index (χ3n) is 3.62. The fourth-order valence-corrected chi connectivity index (χ4v) is 2.74. The van der Waals surface area contributed by atoms with E-state index in [2.05, 4.69) is 0 Å². The minimum atomic E-state index is -0.221. The molecular formula is C14H16Cl2N2O3. The zero-order valence-electron chi connectivity index (χ0n) is 11.6. The van der Waals surface area contributed by atoms with Crippen molar-refractivity contribution in [2.75, 3.05) is 25.9 Å². The molecule has 1 saturated heterocycles. The van der Waals surface area contributed by atoms with E-state index >= 15 is 0 Å². The Labute approximate surface area is 132 Å². The molecule has 0 aromatic heterocycles. The van der Waals surface area contributed by atoms with E-state index in [0.717, 1.165) is 0 Å². The lowest BCUT2D eigenvalue weighted by Crippen LogP contribution is -2.40. The molecule has 1 aromatic rings. The molecule has 0 spiro atoms. The van der Waals surface area contributed by atoms with Gasteiger partial charge in [-0.3, -0.25) is 9.59 Å². The van der Waals surface area contributed by atoms with Crippen LogP contribution in [0.2, 0.25) is 10.0 Å². The Kier molecular flexibility index (Phi) is 4.96. The van der Waals surface area contributed by atoms with Gasteiger partial charge in [0, 0.05) is 18.7 Å². The predicted molar refractivity (Wildman–Crippen MR) is 81.5 cm³/mol. The van der Waals surface area contributed by atoms with Gasteiger partial charge in [0.15, 0.2) is 0 Å². The van der Waals surface area contributed by atoms with Gasteiger partial charge in [-0.1, -0.05) is 23.2 Å². The van der Waals surface area contributed by atoms with Crippen LogP contribution < -0.4 is 5.73 Å². The van der Waals surface area contributed by atoms with Crippen molar-refractivity contribution in [3.8, 4) is 0 Å². The van der Waals surface area contributed by atoms with Crippen molar-refractivity contribution < 1.29 is 14.3 Å². The van der Waals surface area contributed by atoms with Crippen LogP contribution in [0.5, 0.6) is 0 Å². The van der Waals surface area contributed by atoms with Crippen LogP contribution in [0.4, 0.5) is 5.69 Å². The molecule has 1 aliphatic rings. The van der Waals surface area contributed by atoms with Crippen LogP contribution in [0, 0.1) is 5.92 Å². The number of halogens is 2. The lowest BCUT2D eigenvalue weighted by Gasteiger charge is -2.30. The van der Waals surface area contributed by atoms with Crippen molar-refractivity contribution in [3.05, 3.63) is 27.7 Å². The lowest BCUT2D eigenvalue weighted by atomic mass is 9.96. The maximum Gasteiger partial charge on any atom is 0.308 e. The molecule has 0 aliphatic carbocycles. The Morgan fingerprint density at radius 3 is 2.43 bits per heavy atom. The number of nitrogen functional groups attached to an aromatic ring is 1. The number of carbonyl (C=O) groups is 2. The van der Waals surface area contributed by atoms with Gasteiger partial charge in [0.2, 0.25) is 0 Å². The average molecular weight is 331 g/mol. The minimum absolute atomic E-state index is 0.141. The number of amides is 1. The smallest absolute Gasteiger partial charge is 0.308 e. The topological polar surface area (TPSA) is 72.6 Å². The van der Waals surface area contributed by atoms with E-state index in [9.17, 15) is 9.59 Å². The molecule has 2 rings (SSSR count). The summed E-state index contributed by atoms with van der Waals surface area (Å²) in [5.74, 6) is -0.526. The van der Waals surface area contributed by atoms with Gasteiger partial charge in [0.25, 0.3) is 5.91 Å². The van der Waals surface area contributed by atoms with E-state index in [1.807, 2.05) is 0 Å². The molecule has 0 atom stereocenters. The fraction of sp³-hybridized carbons (Fsp3) is 0.429. The van der Waals surface area contributed by atoms with Gasteiger partial charge >= 0.3 is 5.97 Å². The van der Waals surface area contributed by atoms with Crippen molar-refractivity contribution in [1.29, 1.82) is 0 Å². The standard InChI is InChI=1S/C14H16Cl2N2O3/c1-21-14(20)8-2-4-18(5-3-8)13(19)9-6-10(15)12(16)11(17)7-9/h6-8H,2-5,17H2,1H3. The summed E-state index contributed by atoms with van der Waals surface area (Å²) in [7, 11) is 1.37. The van der Waals surface area contributed by atoms with E-state index < -0.39 is 0 Å². The number of ether oxygens (including phenoxy) is 1. The fourth-order valence-electron chi connectivity index (χ4n) is 2.40. The zero-order valence-corrected chi connectivity index (χ0v) is 13.1. The van der Waals surface area contributed by atoms with Crippen molar-refractivity contribution in [3.63, 3.8) is 0 Å². The SMILES string of the molecule is COC(=O)C1CCN(C(=O)c2cc(N)c(Cl)c(Cl)c2)CC1. The highest BCUT2D eigenvalue weighted by Gasteiger charge is 2.28. The summed E-state index contributed by atoms with van der Waals surface area (Å²) in [6.07, 6.45) is 1.18. The number of piperidine rings is 1. The van der Waals surface area contributed by atoms with Crippen LogP contribution in [0.15, 0.2) is 12.1 Å². The average Bonchev–Trinajstić information content (AvgIpc) is 2.50. The highest BCUT2D eigenvalue weighted by atomic mass is 35.5. The molecule has 1 amide bonds. The van der Waals surface area contributed by atoms with E-state index in [1.165, 1.54) is 19.2 Å². The molecule has 0 bridgehead atoms. The second-order valence-corrected chi connectivity index (χ2v) is 5.74. The summed E-state index contributed by atoms with van der Waals surface area (Å²) in [6.45, 7) is 0.998. The molecule has 21 heavy (non-hydrogen) atoms. The van der Waals surface area contributed by atoms with Crippen LogP contribution in [-0.4, -0.2) is 37.0 Å². The van der Waals surface area contributed by atoms with Crippen molar-refractivity contribution in [2.24, 2.45) is 5.92 Å². The third kappa shape index (κ3) is 3.41. The van der Waals surface area contributed by atoms with Gasteiger partial charge in [-0.2, -0.15) is 0 Å². The summed E-state index contributed by atoms with van der Waals surface area (Å²) in [4.78, 5) is 25.6. The number of likely N-dealkylation sites (tertiary alicyclic amines) is 1. The van der Waals surface area contributed by atoms with E-state index in [1.54, 1.807) is 4.90 Å². The maximum absolute atomic E-state index is 12.4. The first kappa shape index (κ1) is 15.9. The first-order valence-electron chi connectivity index (χ1n) is 6.55. The van der Waals surface area contributed by atoms with Gasteiger partial charge in [-0.05, 0) is 25.0 Å². The van der Waals surface area contributed by atoms with Gasteiger partial charge in [-0.15, -0.1) is 0 Å². The first-order chi connectivity index (χ1) is 9.93. The lowest BCUT2D eigenvalue weighted by molar-refractivity contribution is -0.146. The van der Waals surface area contributed by atoms with Gasteiger partial charge in [0.05, 0.1) is 28.8 Å². The predicted octanol–water partition coefficient (Wildman–Crippen LogP) is 2.60. The Balaban J connectivity index is 2.07. The summed E-state index contributed by atoms with van der Waals surface area (Å²) >= 11 is 11.8. The normalized spacial score (nSPS) is 15.9. The Hall–Kier alpha value is -1.46. The Morgan fingerprint density at radius 2 is 1.90 bits per heavy atom. The second-order valence-electron chi connectivity index (χ2n) is 4.95. The summed E-state index contributed by atoms with van der Waals surface area (Å²) in [6, 6.07) is 3.03. The second kappa shape index (κ2) is 6.54. The molecule has 0 unspecified atom stereocenters. The van der Waals surface area contributed by atoms with Gasteiger partial charge < -0.3 is 15.4 Å². The first-order valence-corrected chi connectivity index (χ1v) is 7.31. The van der Waals surface area contributed by atoms with Crippen LogP contribution in [0.1, 0.15) is 23.2 Å². The summed E-state index contributed by atoms with van der Waals surface area (Å²) < 4.78 is 4.72. The number of nitrogens with two attached hydrogens (primary N) is 1. The number of hydrogen-bond acceptors (Lipinski definition) is 4. The third-order valence-corrected chi connectivity index (χ3v) is 4.44. The molecule has 114 valence electrons. The Bertz CT molecular complexity index is 546. The minimum Gasteiger partial charge on any atom is -0.469 e. The molecule has 1 aliphatic heterocycles.